The van der Waals surface area contributed by atoms with Gasteiger partial charge in [-0.15, -0.1) is 0 Å². The molecule has 10 nitrogen and oxygen atoms in total. The first kappa shape index (κ1) is 27.4. The molecule has 2 aromatic carbocycles. The molecule has 0 fully saturated rings. The summed E-state index contributed by atoms with van der Waals surface area (Å²) >= 11 is 6.48. The second-order valence-corrected chi connectivity index (χ2v) is 11.4. The Kier molecular flexibility index (Phi) is 6.66. The monoisotopic (exact) mass is 611 g/mol. The molecule has 4 aromatic heterocycles. The first-order chi connectivity index (χ1) is 20.0. The van der Waals surface area contributed by atoms with E-state index in [9.17, 15) is 26.4 Å². The number of hydrogen-bond donors (Lipinski definition) is 3. The third-order valence-electron chi connectivity index (χ3n) is 6.24. The van der Waals surface area contributed by atoms with E-state index in [2.05, 4.69) is 29.9 Å². The quantitative estimate of drug-likeness (QED) is 0.224. The lowest BCUT2D eigenvalue weighted by atomic mass is 10.0. The summed E-state index contributed by atoms with van der Waals surface area (Å²) in [5, 5.41) is 7.98. The van der Waals surface area contributed by atoms with Gasteiger partial charge in [-0.3, -0.25) is 19.6 Å². The third-order valence-corrected chi connectivity index (χ3v) is 7.78. The molecule has 3 N–H and O–H groups in total. The maximum absolute atomic E-state index is 12.9. The molecule has 0 aliphatic heterocycles. The van der Waals surface area contributed by atoms with Crippen LogP contribution in [0, 0.1) is 0 Å². The number of nitrogens with one attached hydrogen (secondary N) is 3. The van der Waals surface area contributed by atoms with E-state index in [1.165, 1.54) is 6.07 Å². The topological polar surface area (TPSA) is 146 Å². The number of H-pyrrole nitrogens is 2. The van der Waals surface area contributed by atoms with Crippen molar-refractivity contribution in [1.29, 1.82) is 0 Å². The van der Waals surface area contributed by atoms with Crippen molar-refractivity contribution < 1.29 is 21.6 Å². The van der Waals surface area contributed by atoms with E-state index in [0.717, 1.165) is 17.6 Å². The van der Waals surface area contributed by atoms with E-state index in [4.69, 9.17) is 16.6 Å². The SMILES string of the molecule is O=c1[nH]c2nc(-c3ccccc3)c(-c3cc(Cl)c4[nH]ncc4c3)nc2cc1NS(=O)(=O)Cc1ccc(C(F)(F)F)nc1. The van der Waals surface area contributed by atoms with Gasteiger partial charge in [-0.05, 0) is 29.8 Å². The van der Waals surface area contributed by atoms with Gasteiger partial charge >= 0.3 is 6.18 Å². The molecule has 0 saturated carbocycles. The summed E-state index contributed by atoms with van der Waals surface area (Å²) in [5.74, 6) is -0.720. The number of hydrogen-bond acceptors (Lipinski definition) is 7. The van der Waals surface area contributed by atoms with Crippen molar-refractivity contribution >= 4 is 49.4 Å². The van der Waals surface area contributed by atoms with Gasteiger partial charge in [0.05, 0.1) is 33.9 Å². The van der Waals surface area contributed by atoms with E-state index in [1.807, 2.05) is 36.4 Å². The maximum atomic E-state index is 12.9. The van der Waals surface area contributed by atoms with Gasteiger partial charge < -0.3 is 4.98 Å². The largest absolute Gasteiger partial charge is 0.433 e. The number of alkyl halides is 3. The van der Waals surface area contributed by atoms with Crippen LogP contribution >= 0.6 is 11.6 Å². The van der Waals surface area contributed by atoms with Crippen LogP contribution in [0.3, 0.4) is 0 Å². The fourth-order valence-corrected chi connectivity index (χ4v) is 5.78. The lowest BCUT2D eigenvalue weighted by molar-refractivity contribution is -0.141. The summed E-state index contributed by atoms with van der Waals surface area (Å²) in [7, 11) is -4.23. The minimum absolute atomic E-state index is 0.00573. The van der Waals surface area contributed by atoms with Crippen molar-refractivity contribution in [2.24, 2.45) is 0 Å². The summed E-state index contributed by atoms with van der Waals surface area (Å²) in [6.45, 7) is 0. The highest BCUT2D eigenvalue weighted by Gasteiger charge is 2.32. The average Bonchev–Trinajstić information content (AvgIpc) is 3.42. The molecule has 15 heteroatoms. The molecule has 0 bridgehead atoms. The van der Waals surface area contributed by atoms with Crippen molar-refractivity contribution in [3.63, 3.8) is 0 Å². The van der Waals surface area contributed by atoms with Crippen molar-refractivity contribution in [1.82, 2.24) is 30.1 Å². The Labute approximate surface area is 239 Å². The number of halogens is 4. The highest BCUT2D eigenvalue weighted by atomic mass is 35.5. The number of rotatable bonds is 6. The van der Waals surface area contributed by atoms with Gasteiger partial charge in [0.15, 0.2) is 5.65 Å². The second kappa shape index (κ2) is 10.2. The third kappa shape index (κ3) is 5.41. The molecule has 0 aliphatic carbocycles. The zero-order chi connectivity index (χ0) is 29.6. The fraction of sp³-hybridized carbons (Fsp3) is 0.0741. The van der Waals surface area contributed by atoms with Gasteiger partial charge in [-0.25, -0.2) is 18.4 Å². The van der Waals surface area contributed by atoms with Crippen LogP contribution in [0.25, 0.3) is 44.6 Å². The molecule has 0 unspecified atom stereocenters. The summed E-state index contributed by atoms with van der Waals surface area (Å²) < 4.78 is 66.2. The second-order valence-electron chi connectivity index (χ2n) is 9.24. The van der Waals surface area contributed by atoms with Crippen LogP contribution < -0.4 is 10.3 Å². The van der Waals surface area contributed by atoms with Crippen molar-refractivity contribution in [2.45, 2.75) is 11.9 Å². The summed E-state index contributed by atoms with van der Waals surface area (Å²) in [6, 6.07) is 15.6. The van der Waals surface area contributed by atoms with Crippen molar-refractivity contribution in [2.75, 3.05) is 4.72 Å². The van der Waals surface area contributed by atoms with Crippen LogP contribution in [0.15, 0.2) is 77.9 Å². The first-order valence-corrected chi connectivity index (χ1v) is 14.2. The van der Waals surface area contributed by atoms with E-state index < -0.39 is 33.2 Å². The molecule has 0 saturated heterocycles. The zero-order valence-electron chi connectivity index (χ0n) is 21.1. The Hall–Kier alpha value is -4.82. The van der Waals surface area contributed by atoms with Crippen LogP contribution in [0.4, 0.5) is 18.9 Å². The molecule has 0 spiro atoms. The summed E-state index contributed by atoms with van der Waals surface area (Å²) in [4.78, 5) is 28.1. The number of fused-ring (bicyclic) bond motifs is 2. The summed E-state index contributed by atoms with van der Waals surface area (Å²) in [5.41, 5.74) is 0.782. The van der Waals surface area contributed by atoms with Crippen LogP contribution in [-0.2, 0) is 22.0 Å². The predicted octanol–water partition coefficient (Wildman–Crippen LogP) is 5.54. The van der Waals surface area contributed by atoms with E-state index in [1.54, 1.807) is 12.3 Å². The van der Waals surface area contributed by atoms with E-state index in [-0.39, 0.29) is 22.4 Å². The van der Waals surface area contributed by atoms with E-state index >= 15 is 0 Å². The number of aromatic amines is 2. The number of benzene rings is 2. The Morgan fingerprint density at radius 1 is 0.929 bits per heavy atom. The molecule has 6 aromatic rings. The number of pyridine rings is 2. The van der Waals surface area contributed by atoms with Gasteiger partial charge in [0.25, 0.3) is 5.56 Å². The zero-order valence-corrected chi connectivity index (χ0v) is 22.6. The highest BCUT2D eigenvalue weighted by molar-refractivity contribution is 7.91. The molecule has 0 atom stereocenters. The molecular weight excluding hydrogens is 595 g/mol. The van der Waals surface area contributed by atoms with Crippen LogP contribution in [0.1, 0.15) is 11.3 Å². The van der Waals surface area contributed by atoms with E-state index in [0.29, 0.717) is 39.1 Å². The van der Waals surface area contributed by atoms with Gasteiger partial charge in [-0.1, -0.05) is 48.0 Å². The number of nitrogens with zero attached hydrogens (tertiary/aromatic N) is 4. The van der Waals surface area contributed by atoms with Gasteiger partial charge in [-0.2, -0.15) is 18.3 Å². The minimum Gasteiger partial charge on any atom is -0.303 e. The molecule has 0 amide bonds. The Bertz CT molecular complexity index is 2130. The van der Waals surface area contributed by atoms with Crippen LogP contribution in [0.5, 0.6) is 0 Å². The number of aromatic nitrogens is 6. The maximum Gasteiger partial charge on any atom is 0.433 e. The molecule has 6 rings (SSSR count). The smallest absolute Gasteiger partial charge is 0.303 e. The normalized spacial score (nSPS) is 12.2. The van der Waals surface area contributed by atoms with Gasteiger partial charge in [0.1, 0.15) is 16.9 Å². The standard InChI is InChI=1S/C27H17ClF3N7O3S/c28-18-9-16(8-17-12-33-37-22(17)18)24-23(15-4-2-1-3-5-15)35-25-19(34-24)10-20(26(39)36-25)38-42(40,41)13-14-6-7-21(32-11-14)27(29,30)31/h1-12,38H,13H2,(H,33,37)(H,35,36,39). The van der Waals surface area contributed by atoms with Crippen molar-refractivity contribution in [3.05, 3.63) is 99.7 Å². The first-order valence-electron chi connectivity index (χ1n) is 12.1. The molecule has 4 heterocycles. The average molecular weight is 612 g/mol. The van der Waals surface area contributed by atoms with Crippen LogP contribution in [-0.4, -0.2) is 38.6 Å². The fourth-order valence-electron chi connectivity index (χ4n) is 4.34. The molecule has 0 aliphatic rings. The summed E-state index contributed by atoms with van der Waals surface area (Å²) in [6.07, 6.45) is -2.24. The molecule has 42 heavy (non-hydrogen) atoms. The molecule has 0 radical (unpaired) electrons. The Balaban J connectivity index is 1.41. The Morgan fingerprint density at radius 3 is 2.40 bits per heavy atom. The highest BCUT2D eigenvalue weighted by Crippen LogP contribution is 2.35. The Morgan fingerprint density at radius 2 is 1.69 bits per heavy atom. The lowest BCUT2D eigenvalue weighted by Crippen LogP contribution is -2.22. The molecule has 212 valence electrons. The van der Waals surface area contributed by atoms with Gasteiger partial charge in [0, 0.05) is 22.7 Å². The molecular formula is C27H17ClF3N7O3S. The minimum atomic E-state index is -4.66. The lowest BCUT2D eigenvalue weighted by Gasteiger charge is -2.13. The van der Waals surface area contributed by atoms with Crippen molar-refractivity contribution in [3.8, 4) is 22.5 Å². The predicted molar refractivity (Wildman–Crippen MR) is 151 cm³/mol. The van der Waals surface area contributed by atoms with Gasteiger partial charge in [0.2, 0.25) is 10.0 Å². The van der Waals surface area contributed by atoms with Crippen LogP contribution in [0.2, 0.25) is 5.02 Å². The number of sulfonamides is 1. The number of anilines is 1.